The average molecular weight is 243 g/mol. The van der Waals surface area contributed by atoms with E-state index in [1.165, 1.54) is 19.3 Å². The Hall–Kier alpha value is -0.610. The third-order valence-electron chi connectivity index (χ3n) is 2.99. The molecule has 0 radical (unpaired) electrons. The second-order valence-corrected chi connectivity index (χ2v) is 4.68. The molecule has 0 spiro atoms. The highest BCUT2D eigenvalue weighted by Crippen LogP contribution is 2.09. The molecule has 1 heterocycles. The molecule has 0 aliphatic carbocycles. The van der Waals surface area contributed by atoms with E-state index in [1.807, 2.05) is 6.92 Å². The molecule has 0 bridgehead atoms. The molecule has 0 amide bonds. The lowest BCUT2D eigenvalue weighted by Crippen LogP contribution is -2.47. The van der Waals surface area contributed by atoms with Gasteiger partial charge in [-0.05, 0) is 19.8 Å². The quantitative estimate of drug-likeness (QED) is 0.548. The van der Waals surface area contributed by atoms with Gasteiger partial charge >= 0.3 is 5.97 Å². The Morgan fingerprint density at radius 2 is 2.29 bits per heavy atom. The van der Waals surface area contributed by atoms with Crippen LogP contribution in [0.2, 0.25) is 0 Å². The molecule has 0 aromatic rings. The molecule has 1 fully saturated rings. The number of esters is 1. The summed E-state index contributed by atoms with van der Waals surface area (Å²) in [5, 5.41) is 3.10. The van der Waals surface area contributed by atoms with E-state index in [2.05, 4.69) is 12.2 Å². The topological polar surface area (TPSA) is 47.6 Å². The van der Waals surface area contributed by atoms with Crippen LogP contribution < -0.4 is 5.32 Å². The summed E-state index contributed by atoms with van der Waals surface area (Å²) in [5.74, 6) is -0.173. The lowest BCUT2D eigenvalue weighted by Gasteiger charge is -2.24. The van der Waals surface area contributed by atoms with Crippen molar-refractivity contribution in [2.45, 2.75) is 58.1 Å². The molecule has 4 heteroatoms. The maximum absolute atomic E-state index is 11.7. The molecule has 0 aromatic heterocycles. The zero-order chi connectivity index (χ0) is 12.5. The molecule has 1 saturated heterocycles. The van der Waals surface area contributed by atoms with Crippen molar-refractivity contribution in [2.24, 2.45) is 0 Å². The Morgan fingerprint density at radius 3 is 2.94 bits per heavy atom. The van der Waals surface area contributed by atoms with Crippen molar-refractivity contribution in [3.63, 3.8) is 0 Å². The summed E-state index contributed by atoms with van der Waals surface area (Å²) in [6.45, 7) is 5.99. The van der Waals surface area contributed by atoms with Crippen LogP contribution in [0.15, 0.2) is 0 Å². The smallest absolute Gasteiger partial charge is 0.325 e. The standard InChI is InChI=1S/C13H25NO3/c1-3-4-5-6-7-11(2)17-13(15)12-10-16-9-8-14-12/h11-12,14H,3-10H2,1-2H3. The van der Waals surface area contributed by atoms with Gasteiger partial charge in [0.15, 0.2) is 0 Å². The third kappa shape index (κ3) is 6.03. The van der Waals surface area contributed by atoms with E-state index in [4.69, 9.17) is 9.47 Å². The normalized spacial score (nSPS) is 22.1. The fourth-order valence-electron chi connectivity index (χ4n) is 1.91. The first-order valence-electron chi connectivity index (χ1n) is 6.75. The van der Waals surface area contributed by atoms with E-state index >= 15 is 0 Å². The van der Waals surface area contributed by atoms with Gasteiger partial charge in [-0.2, -0.15) is 0 Å². The third-order valence-corrected chi connectivity index (χ3v) is 2.99. The number of carbonyl (C=O) groups is 1. The van der Waals surface area contributed by atoms with Gasteiger partial charge in [-0.1, -0.05) is 26.2 Å². The van der Waals surface area contributed by atoms with Crippen molar-refractivity contribution in [1.82, 2.24) is 5.32 Å². The summed E-state index contributed by atoms with van der Waals surface area (Å²) < 4.78 is 10.6. The monoisotopic (exact) mass is 243 g/mol. The number of unbranched alkanes of at least 4 members (excludes halogenated alkanes) is 3. The molecular formula is C13H25NO3. The van der Waals surface area contributed by atoms with Crippen LogP contribution in [0, 0.1) is 0 Å². The first-order chi connectivity index (χ1) is 8.24. The van der Waals surface area contributed by atoms with Crippen LogP contribution in [0.25, 0.3) is 0 Å². The Bertz CT molecular complexity index is 215. The highest BCUT2D eigenvalue weighted by Gasteiger charge is 2.23. The Morgan fingerprint density at radius 1 is 1.47 bits per heavy atom. The molecule has 17 heavy (non-hydrogen) atoms. The van der Waals surface area contributed by atoms with Gasteiger partial charge in [-0.15, -0.1) is 0 Å². The maximum Gasteiger partial charge on any atom is 0.325 e. The first-order valence-corrected chi connectivity index (χ1v) is 6.75. The van der Waals surface area contributed by atoms with E-state index in [-0.39, 0.29) is 18.1 Å². The Kier molecular flexibility index (Phi) is 7.21. The van der Waals surface area contributed by atoms with Crippen molar-refractivity contribution in [3.8, 4) is 0 Å². The molecule has 1 N–H and O–H groups in total. The molecule has 1 rings (SSSR count). The van der Waals surface area contributed by atoms with Gasteiger partial charge in [0.1, 0.15) is 6.04 Å². The summed E-state index contributed by atoms with van der Waals surface area (Å²) in [6.07, 6.45) is 5.83. The largest absolute Gasteiger partial charge is 0.461 e. The van der Waals surface area contributed by atoms with Gasteiger partial charge in [0.2, 0.25) is 0 Å². The molecule has 4 nitrogen and oxygen atoms in total. The number of nitrogens with one attached hydrogen (secondary N) is 1. The average Bonchev–Trinajstić information content (AvgIpc) is 2.36. The molecule has 100 valence electrons. The van der Waals surface area contributed by atoms with Crippen LogP contribution in [0.4, 0.5) is 0 Å². The summed E-state index contributed by atoms with van der Waals surface area (Å²) in [5.41, 5.74) is 0. The fourth-order valence-corrected chi connectivity index (χ4v) is 1.91. The SMILES string of the molecule is CCCCCCC(C)OC(=O)C1COCCN1. The van der Waals surface area contributed by atoms with Gasteiger partial charge in [-0.25, -0.2) is 0 Å². The maximum atomic E-state index is 11.7. The molecule has 2 atom stereocenters. The van der Waals surface area contributed by atoms with Gasteiger partial charge in [0, 0.05) is 6.54 Å². The van der Waals surface area contributed by atoms with Crippen molar-refractivity contribution in [1.29, 1.82) is 0 Å². The Balaban J connectivity index is 2.11. The second kappa shape index (κ2) is 8.48. The van der Waals surface area contributed by atoms with E-state index in [0.717, 1.165) is 19.4 Å². The number of hydrogen-bond acceptors (Lipinski definition) is 4. The fraction of sp³-hybridized carbons (Fsp3) is 0.923. The van der Waals surface area contributed by atoms with Gasteiger partial charge < -0.3 is 14.8 Å². The van der Waals surface area contributed by atoms with Crippen LogP contribution in [0.1, 0.15) is 46.0 Å². The molecule has 0 aromatic carbocycles. The number of morpholine rings is 1. The van der Waals surface area contributed by atoms with Crippen LogP contribution in [-0.4, -0.2) is 37.9 Å². The number of carbonyl (C=O) groups excluding carboxylic acids is 1. The number of ether oxygens (including phenoxy) is 2. The zero-order valence-corrected chi connectivity index (χ0v) is 11.0. The van der Waals surface area contributed by atoms with Crippen molar-refractivity contribution in [3.05, 3.63) is 0 Å². The second-order valence-electron chi connectivity index (χ2n) is 4.68. The highest BCUT2D eigenvalue weighted by atomic mass is 16.5. The lowest BCUT2D eigenvalue weighted by atomic mass is 10.1. The molecule has 1 aliphatic heterocycles. The predicted octanol–water partition coefficient (Wildman–Crippen LogP) is 1.88. The van der Waals surface area contributed by atoms with Crippen LogP contribution >= 0.6 is 0 Å². The zero-order valence-electron chi connectivity index (χ0n) is 11.0. The first kappa shape index (κ1) is 14.5. The molecule has 1 aliphatic rings. The molecule has 0 saturated carbocycles. The van der Waals surface area contributed by atoms with Gasteiger partial charge in [-0.3, -0.25) is 4.79 Å². The summed E-state index contributed by atoms with van der Waals surface area (Å²) in [6, 6.07) is -0.276. The van der Waals surface area contributed by atoms with Crippen LogP contribution in [0.5, 0.6) is 0 Å². The minimum Gasteiger partial charge on any atom is -0.461 e. The van der Waals surface area contributed by atoms with Crippen molar-refractivity contribution >= 4 is 5.97 Å². The molecule has 2 unspecified atom stereocenters. The number of rotatable bonds is 7. The number of hydrogen-bond donors (Lipinski definition) is 1. The summed E-state index contributed by atoms with van der Waals surface area (Å²) >= 11 is 0. The highest BCUT2D eigenvalue weighted by molar-refractivity contribution is 5.76. The van der Waals surface area contributed by atoms with Crippen molar-refractivity contribution in [2.75, 3.05) is 19.8 Å². The van der Waals surface area contributed by atoms with E-state index < -0.39 is 0 Å². The van der Waals surface area contributed by atoms with Gasteiger partial charge in [0.25, 0.3) is 0 Å². The molecular weight excluding hydrogens is 218 g/mol. The Labute approximate surface area is 104 Å². The van der Waals surface area contributed by atoms with Crippen LogP contribution in [0.3, 0.4) is 0 Å². The minimum atomic E-state index is -0.276. The van der Waals surface area contributed by atoms with E-state index in [0.29, 0.717) is 13.2 Å². The van der Waals surface area contributed by atoms with Crippen molar-refractivity contribution < 1.29 is 14.3 Å². The summed E-state index contributed by atoms with van der Waals surface area (Å²) in [7, 11) is 0. The van der Waals surface area contributed by atoms with Crippen LogP contribution in [-0.2, 0) is 14.3 Å². The minimum absolute atomic E-state index is 0.0167. The van der Waals surface area contributed by atoms with E-state index in [1.54, 1.807) is 0 Å². The summed E-state index contributed by atoms with van der Waals surface area (Å²) in [4.78, 5) is 11.7. The predicted molar refractivity (Wildman–Crippen MR) is 66.9 cm³/mol. The lowest BCUT2D eigenvalue weighted by molar-refractivity contribution is -0.154. The van der Waals surface area contributed by atoms with Gasteiger partial charge in [0.05, 0.1) is 19.3 Å². The van der Waals surface area contributed by atoms with E-state index in [9.17, 15) is 4.79 Å².